The van der Waals surface area contributed by atoms with Crippen LogP contribution >= 0.6 is 0 Å². The molecule has 116 valence electrons. The lowest BCUT2D eigenvalue weighted by molar-refractivity contribution is -0.130. The van der Waals surface area contributed by atoms with Crippen LogP contribution in [0.2, 0.25) is 0 Å². The van der Waals surface area contributed by atoms with Gasteiger partial charge in [-0.25, -0.2) is 8.42 Å². The maximum absolute atomic E-state index is 11.8. The van der Waals surface area contributed by atoms with Crippen LogP contribution in [0.4, 0.5) is 0 Å². The summed E-state index contributed by atoms with van der Waals surface area (Å²) < 4.78 is 23.5. The number of nitrogens with zero attached hydrogens (tertiary/aromatic N) is 1. The maximum atomic E-state index is 11.8. The third-order valence-corrected chi connectivity index (χ3v) is 6.00. The van der Waals surface area contributed by atoms with Gasteiger partial charge in [0.15, 0.2) is 9.84 Å². The first kappa shape index (κ1) is 16.0. The van der Waals surface area contributed by atoms with Gasteiger partial charge >= 0.3 is 0 Å². The van der Waals surface area contributed by atoms with Crippen molar-refractivity contribution in [3.05, 3.63) is 29.8 Å². The predicted molar refractivity (Wildman–Crippen MR) is 82.9 cm³/mol. The summed E-state index contributed by atoms with van der Waals surface area (Å²) in [7, 11) is -3.11. The molecule has 4 nitrogen and oxygen atoms in total. The number of benzene rings is 1. The molecule has 1 heterocycles. The fraction of sp³-hybridized carbons (Fsp3) is 0.562. The molecule has 5 heteroatoms. The molecule has 1 aromatic carbocycles. The molecule has 0 unspecified atom stereocenters. The molecular formula is C16H23NO3S. The van der Waals surface area contributed by atoms with Gasteiger partial charge in [0, 0.05) is 20.0 Å². The van der Waals surface area contributed by atoms with Gasteiger partial charge in [0.25, 0.3) is 0 Å². The van der Waals surface area contributed by atoms with Crippen molar-refractivity contribution in [2.45, 2.75) is 38.0 Å². The van der Waals surface area contributed by atoms with Gasteiger partial charge in [-0.1, -0.05) is 19.1 Å². The summed E-state index contributed by atoms with van der Waals surface area (Å²) in [6.07, 6.45) is 3.00. The SMILES string of the molecule is CCS(=O)(=O)c1ccc(CC2CCN(C(C)=O)CC2)cc1. The Kier molecular flexibility index (Phi) is 5.04. The number of rotatable bonds is 4. The zero-order valence-electron chi connectivity index (χ0n) is 12.7. The van der Waals surface area contributed by atoms with E-state index in [1.54, 1.807) is 26.0 Å². The van der Waals surface area contributed by atoms with Crippen LogP contribution in [0.25, 0.3) is 0 Å². The molecule has 0 spiro atoms. The monoisotopic (exact) mass is 309 g/mol. The Morgan fingerprint density at radius 2 is 1.76 bits per heavy atom. The van der Waals surface area contributed by atoms with Gasteiger partial charge in [-0.05, 0) is 42.9 Å². The molecule has 1 fully saturated rings. The third kappa shape index (κ3) is 4.06. The second-order valence-electron chi connectivity index (χ2n) is 5.70. The average molecular weight is 309 g/mol. The highest BCUT2D eigenvalue weighted by atomic mass is 32.2. The number of amides is 1. The minimum absolute atomic E-state index is 0.135. The standard InChI is InChI=1S/C16H23NO3S/c1-3-21(19,20)16-6-4-14(5-7-16)12-15-8-10-17(11-9-15)13(2)18/h4-7,15H,3,8-12H2,1-2H3. The first-order valence-corrected chi connectivity index (χ1v) is 9.15. The van der Waals surface area contributed by atoms with Crippen LogP contribution in [0.3, 0.4) is 0 Å². The van der Waals surface area contributed by atoms with Crippen molar-refractivity contribution in [1.29, 1.82) is 0 Å². The van der Waals surface area contributed by atoms with E-state index in [1.165, 1.54) is 5.56 Å². The van der Waals surface area contributed by atoms with Crippen LogP contribution in [-0.2, 0) is 21.1 Å². The van der Waals surface area contributed by atoms with Crippen LogP contribution in [0, 0.1) is 5.92 Å². The van der Waals surface area contributed by atoms with Crippen LogP contribution in [-0.4, -0.2) is 38.1 Å². The molecule has 0 bridgehead atoms. The van der Waals surface area contributed by atoms with E-state index < -0.39 is 9.84 Å². The lowest BCUT2D eigenvalue weighted by Gasteiger charge is -2.31. The van der Waals surface area contributed by atoms with E-state index in [0.717, 1.165) is 32.4 Å². The Labute approximate surface area is 127 Å². The number of piperidine rings is 1. The van der Waals surface area contributed by atoms with Gasteiger partial charge in [0.2, 0.25) is 5.91 Å². The first-order valence-electron chi connectivity index (χ1n) is 7.49. The van der Waals surface area contributed by atoms with Gasteiger partial charge in [0.1, 0.15) is 0 Å². The van der Waals surface area contributed by atoms with Crippen LogP contribution in [0.5, 0.6) is 0 Å². The van der Waals surface area contributed by atoms with Crippen molar-refractivity contribution in [1.82, 2.24) is 4.90 Å². The first-order chi connectivity index (χ1) is 9.92. The van der Waals surface area contributed by atoms with Crippen molar-refractivity contribution >= 4 is 15.7 Å². The Balaban J connectivity index is 1.94. The molecule has 2 rings (SSSR count). The topological polar surface area (TPSA) is 54.5 Å². The molecular weight excluding hydrogens is 286 g/mol. The fourth-order valence-electron chi connectivity index (χ4n) is 2.78. The predicted octanol–water partition coefficient (Wildman–Crippen LogP) is 2.28. The smallest absolute Gasteiger partial charge is 0.219 e. The molecule has 0 aliphatic carbocycles. The number of carbonyl (C=O) groups is 1. The van der Waals surface area contributed by atoms with Gasteiger partial charge in [0.05, 0.1) is 10.6 Å². The molecule has 0 N–H and O–H groups in total. The van der Waals surface area contributed by atoms with Crippen LogP contribution in [0.15, 0.2) is 29.2 Å². The lowest BCUT2D eigenvalue weighted by atomic mass is 9.90. The van der Waals surface area contributed by atoms with Crippen LogP contribution < -0.4 is 0 Å². The van der Waals surface area contributed by atoms with Crippen LogP contribution in [0.1, 0.15) is 32.3 Å². The Hall–Kier alpha value is -1.36. The van der Waals surface area contributed by atoms with Crippen molar-refractivity contribution in [3.8, 4) is 0 Å². The summed E-state index contributed by atoms with van der Waals surface area (Å²) in [5.41, 5.74) is 1.17. The van der Waals surface area contributed by atoms with E-state index >= 15 is 0 Å². The van der Waals surface area contributed by atoms with E-state index in [-0.39, 0.29) is 11.7 Å². The van der Waals surface area contributed by atoms with Crippen molar-refractivity contribution in [3.63, 3.8) is 0 Å². The van der Waals surface area contributed by atoms with E-state index in [0.29, 0.717) is 10.8 Å². The Bertz CT molecular complexity index is 584. The summed E-state index contributed by atoms with van der Waals surface area (Å²) in [5.74, 6) is 0.868. The van der Waals surface area contributed by atoms with E-state index in [4.69, 9.17) is 0 Å². The zero-order chi connectivity index (χ0) is 15.5. The average Bonchev–Trinajstić information content (AvgIpc) is 2.48. The molecule has 1 saturated heterocycles. The molecule has 0 atom stereocenters. The number of hydrogen-bond donors (Lipinski definition) is 0. The highest BCUT2D eigenvalue weighted by Crippen LogP contribution is 2.22. The molecule has 1 aliphatic heterocycles. The summed E-state index contributed by atoms with van der Waals surface area (Å²) in [6.45, 7) is 4.95. The molecule has 1 aromatic rings. The summed E-state index contributed by atoms with van der Waals surface area (Å²) in [4.78, 5) is 13.6. The molecule has 0 aromatic heterocycles. The Morgan fingerprint density at radius 1 is 1.19 bits per heavy atom. The highest BCUT2D eigenvalue weighted by Gasteiger charge is 2.21. The molecule has 1 amide bonds. The maximum Gasteiger partial charge on any atom is 0.219 e. The summed E-state index contributed by atoms with van der Waals surface area (Å²) in [6, 6.07) is 7.25. The number of carbonyl (C=O) groups excluding carboxylic acids is 1. The zero-order valence-corrected chi connectivity index (χ0v) is 13.5. The molecule has 0 saturated carbocycles. The number of likely N-dealkylation sites (tertiary alicyclic amines) is 1. The van der Waals surface area contributed by atoms with Gasteiger partial charge in [-0.15, -0.1) is 0 Å². The quantitative estimate of drug-likeness (QED) is 0.857. The second kappa shape index (κ2) is 6.60. The minimum atomic E-state index is -3.11. The highest BCUT2D eigenvalue weighted by molar-refractivity contribution is 7.91. The van der Waals surface area contributed by atoms with Crippen molar-refractivity contribution < 1.29 is 13.2 Å². The van der Waals surface area contributed by atoms with Gasteiger partial charge < -0.3 is 4.90 Å². The van der Waals surface area contributed by atoms with Crippen molar-refractivity contribution in [2.24, 2.45) is 5.92 Å². The normalized spacial score (nSPS) is 17.0. The lowest BCUT2D eigenvalue weighted by Crippen LogP contribution is -2.37. The second-order valence-corrected chi connectivity index (χ2v) is 7.98. The third-order valence-electron chi connectivity index (χ3n) is 4.25. The fourth-order valence-corrected chi connectivity index (χ4v) is 3.67. The summed E-state index contributed by atoms with van der Waals surface area (Å²) >= 11 is 0. The number of hydrogen-bond acceptors (Lipinski definition) is 3. The number of sulfone groups is 1. The van der Waals surface area contributed by atoms with E-state index in [1.807, 2.05) is 17.0 Å². The van der Waals surface area contributed by atoms with E-state index in [9.17, 15) is 13.2 Å². The molecule has 21 heavy (non-hydrogen) atoms. The summed E-state index contributed by atoms with van der Waals surface area (Å²) in [5, 5.41) is 0. The van der Waals surface area contributed by atoms with E-state index in [2.05, 4.69) is 0 Å². The van der Waals surface area contributed by atoms with Gasteiger partial charge in [-0.2, -0.15) is 0 Å². The molecule has 1 aliphatic rings. The van der Waals surface area contributed by atoms with Gasteiger partial charge in [-0.3, -0.25) is 4.79 Å². The minimum Gasteiger partial charge on any atom is -0.343 e. The van der Waals surface area contributed by atoms with Crippen molar-refractivity contribution in [2.75, 3.05) is 18.8 Å². The molecule has 0 radical (unpaired) electrons. The largest absolute Gasteiger partial charge is 0.343 e. The Morgan fingerprint density at radius 3 is 2.24 bits per heavy atom.